The van der Waals surface area contributed by atoms with E-state index in [1.807, 2.05) is 48.0 Å². The van der Waals surface area contributed by atoms with Crippen LogP contribution in [0.1, 0.15) is 13.8 Å². The molecule has 0 aliphatic carbocycles. The van der Waals surface area contributed by atoms with Crippen molar-refractivity contribution in [3.8, 4) is 22.8 Å². The second kappa shape index (κ2) is 12.5. The van der Waals surface area contributed by atoms with Crippen LogP contribution in [0.3, 0.4) is 0 Å². The summed E-state index contributed by atoms with van der Waals surface area (Å²) in [6.45, 7) is 6.00. The molecule has 0 atom stereocenters. The summed E-state index contributed by atoms with van der Waals surface area (Å²) >= 11 is 0. The van der Waals surface area contributed by atoms with Crippen molar-refractivity contribution in [2.24, 2.45) is 14.1 Å². The molecular weight excluding hydrogens is 480 g/mol. The number of aromatic nitrogens is 4. The summed E-state index contributed by atoms with van der Waals surface area (Å²) in [6.07, 6.45) is 8.06. The summed E-state index contributed by atoms with van der Waals surface area (Å²) in [5.41, 5.74) is 2.07. The zero-order valence-electron chi connectivity index (χ0n) is 19.9. The predicted molar refractivity (Wildman–Crippen MR) is 122 cm³/mol. The van der Waals surface area contributed by atoms with Crippen LogP contribution in [0.25, 0.3) is 22.8 Å². The fourth-order valence-corrected chi connectivity index (χ4v) is 3.50. The van der Waals surface area contributed by atoms with E-state index in [2.05, 4.69) is 23.0 Å². The quantitative estimate of drug-likeness (QED) is 0.314. The number of benzene rings is 2. The average molecular weight is 508 g/mol. The second-order valence-corrected chi connectivity index (χ2v) is 8.34. The van der Waals surface area contributed by atoms with Gasteiger partial charge in [0.15, 0.2) is 0 Å². The van der Waals surface area contributed by atoms with Gasteiger partial charge in [0.2, 0.25) is 0 Å². The molecular formula is C24H28F3N4O3P. The Kier molecular flexibility index (Phi) is 10.0. The Labute approximate surface area is 202 Å². The monoisotopic (exact) mass is 508 g/mol. The Bertz CT molecular complexity index is 1170. The van der Waals surface area contributed by atoms with Gasteiger partial charge in [0, 0.05) is 0 Å². The van der Waals surface area contributed by atoms with Crippen molar-refractivity contribution in [3.63, 3.8) is 0 Å². The van der Waals surface area contributed by atoms with Crippen molar-refractivity contribution in [1.82, 2.24) is 9.13 Å². The number of rotatable bonds is 4. The molecule has 0 fully saturated rings. The molecule has 0 aliphatic rings. The number of halogens is 3. The highest BCUT2D eigenvalue weighted by Crippen LogP contribution is 2.22. The lowest BCUT2D eigenvalue weighted by atomic mass is 10.2. The van der Waals surface area contributed by atoms with E-state index >= 15 is 0 Å². The zero-order chi connectivity index (χ0) is 26.2. The third kappa shape index (κ3) is 8.51. The van der Waals surface area contributed by atoms with E-state index in [0.717, 1.165) is 35.9 Å². The van der Waals surface area contributed by atoms with Crippen molar-refractivity contribution < 1.29 is 36.5 Å². The lowest BCUT2D eigenvalue weighted by Gasteiger charge is -2.15. The number of hydrogen-bond acceptors (Lipinski definition) is 3. The lowest BCUT2D eigenvalue weighted by Crippen LogP contribution is -2.29. The summed E-state index contributed by atoms with van der Waals surface area (Å²) in [7, 11) is -1.66. The number of imidazole rings is 2. The molecule has 4 rings (SSSR count). The first-order chi connectivity index (χ1) is 16.4. The smallest absolute Gasteiger partial charge is 0.288 e. The van der Waals surface area contributed by atoms with E-state index in [1.165, 1.54) is 24.3 Å². The van der Waals surface area contributed by atoms with Crippen LogP contribution in [-0.2, 0) is 31.7 Å². The molecule has 0 radical (unpaired) electrons. The van der Waals surface area contributed by atoms with Gasteiger partial charge in [0.25, 0.3) is 11.6 Å². The molecule has 0 saturated carbocycles. The third-order valence-electron chi connectivity index (χ3n) is 5.04. The van der Waals surface area contributed by atoms with Crippen LogP contribution in [-0.4, -0.2) is 9.13 Å². The first kappa shape index (κ1) is 28.0. The van der Waals surface area contributed by atoms with E-state index in [-0.39, 0.29) is 11.6 Å². The van der Waals surface area contributed by atoms with E-state index < -0.39 is 7.91 Å². The van der Waals surface area contributed by atoms with Gasteiger partial charge in [-0.2, -0.15) is 0 Å². The van der Waals surface area contributed by atoms with Gasteiger partial charge in [0.05, 0.1) is 38.3 Å². The molecule has 2 heterocycles. The summed E-state index contributed by atoms with van der Waals surface area (Å²) in [5, 5.41) is 0. The molecule has 2 aromatic carbocycles. The third-order valence-corrected chi connectivity index (χ3v) is 5.04. The molecule has 0 N–H and O–H groups in total. The van der Waals surface area contributed by atoms with Crippen LogP contribution in [0.2, 0.25) is 0 Å². The minimum Gasteiger partial charge on any atom is -0.786 e. The van der Waals surface area contributed by atoms with E-state index in [1.54, 1.807) is 24.3 Å². The van der Waals surface area contributed by atoms with Gasteiger partial charge in [0.1, 0.15) is 44.3 Å². The van der Waals surface area contributed by atoms with Crippen molar-refractivity contribution >= 4 is 7.91 Å². The number of hydrogen-bond donors (Lipinski definition) is 0. The fraction of sp³-hybridized carbons (Fsp3) is 0.250. The number of nitrogens with zero attached hydrogens (tertiary/aromatic N) is 4. The first-order valence-electron chi connectivity index (χ1n) is 10.8. The van der Waals surface area contributed by atoms with Gasteiger partial charge in [-0.3, -0.25) is 0 Å². The summed E-state index contributed by atoms with van der Waals surface area (Å²) in [5.74, 6) is 1.79. The van der Waals surface area contributed by atoms with E-state index in [9.17, 15) is 13.0 Å². The van der Waals surface area contributed by atoms with Gasteiger partial charge in [-0.1, -0.05) is 0 Å². The number of aryl methyl sites for hydroxylation is 4. The van der Waals surface area contributed by atoms with Gasteiger partial charge >= 0.3 is 0 Å². The Hall–Kier alpha value is -3.20. The van der Waals surface area contributed by atoms with Gasteiger partial charge in [-0.15, -0.1) is 0 Å². The second-order valence-electron chi connectivity index (χ2n) is 7.48. The topological polar surface area (TPSA) is 80.8 Å². The summed E-state index contributed by atoms with van der Waals surface area (Å²) in [6, 6.07) is 13.2. The van der Waals surface area contributed by atoms with Crippen LogP contribution >= 0.6 is 7.91 Å². The van der Waals surface area contributed by atoms with Crippen molar-refractivity contribution in [2.45, 2.75) is 26.9 Å². The molecule has 0 bridgehead atoms. The Balaban J connectivity index is 0.000000208. The average Bonchev–Trinajstić information content (AvgIpc) is 3.36. The van der Waals surface area contributed by atoms with Crippen molar-refractivity contribution in [1.29, 1.82) is 0 Å². The normalized spacial score (nSPS) is 10.8. The van der Waals surface area contributed by atoms with Crippen LogP contribution in [0.4, 0.5) is 13.0 Å². The molecule has 0 unspecified atom stereocenters. The molecule has 0 amide bonds. The molecule has 2 aromatic heterocycles. The van der Waals surface area contributed by atoms with Crippen LogP contribution in [0.5, 0.6) is 0 Å². The Morgan fingerprint density at radius 3 is 1.29 bits per heavy atom. The fourth-order valence-electron chi connectivity index (χ4n) is 3.50. The molecule has 35 heavy (non-hydrogen) atoms. The van der Waals surface area contributed by atoms with Crippen molar-refractivity contribution in [2.75, 3.05) is 0 Å². The molecule has 11 heteroatoms. The predicted octanol–water partition coefficient (Wildman–Crippen LogP) is 3.06. The van der Waals surface area contributed by atoms with Crippen LogP contribution < -0.4 is 18.9 Å². The minimum absolute atomic E-state index is 0.198. The maximum atomic E-state index is 12.8. The van der Waals surface area contributed by atoms with E-state index in [0.29, 0.717) is 0 Å². The highest BCUT2D eigenvalue weighted by atomic mass is 31.2. The molecule has 0 saturated heterocycles. The van der Waals surface area contributed by atoms with Gasteiger partial charge in [-0.05, 0) is 62.4 Å². The Morgan fingerprint density at radius 1 is 0.743 bits per heavy atom. The van der Waals surface area contributed by atoms with Gasteiger partial charge in [-0.25, -0.2) is 31.2 Å². The SMILES string of the molecule is CCn1cc[n+](C)c1-c1ccc(F)cc1.CCn1cc[n+](C)c1-c1ccc(F)cc1.O=P([O-])([O-])F. The maximum Gasteiger partial charge on any atom is 0.288 e. The standard InChI is InChI=1S/2C12H14FN2.FH2O3P/c2*1-3-15-9-8-14(2)12(15)10-4-6-11(13)7-5-10;1-5(2,3)4/h2*4-9H,3H2,1-2H3;(H2,2,3,4)/q2*+1;/p-2. The highest BCUT2D eigenvalue weighted by molar-refractivity contribution is 7.42. The first-order valence-corrected chi connectivity index (χ1v) is 12.2. The summed E-state index contributed by atoms with van der Waals surface area (Å²) < 4.78 is 52.5. The molecule has 4 aromatic rings. The van der Waals surface area contributed by atoms with Crippen molar-refractivity contribution in [3.05, 3.63) is 85.0 Å². The van der Waals surface area contributed by atoms with E-state index in [4.69, 9.17) is 14.4 Å². The highest BCUT2D eigenvalue weighted by Gasteiger charge is 2.16. The summed E-state index contributed by atoms with van der Waals surface area (Å²) in [4.78, 5) is 16.9. The largest absolute Gasteiger partial charge is 0.786 e. The van der Waals surface area contributed by atoms with Crippen LogP contribution in [0.15, 0.2) is 73.3 Å². The molecule has 0 spiro atoms. The molecule has 7 nitrogen and oxygen atoms in total. The molecule has 0 aliphatic heterocycles. The Morgan fingerprint density at radius 2 is 1.03 bits per heavy atom. The zero-order valence-corrected chi connectivity index (χ0v) is 20.8. The lowest BCUT2D eigenvalue weighted by molar-refractivity contribution is -0.659. The minimum atomic E-state index is -5.64. The van der Waals surface area contributed by atoms with Gasteiger partial charge < -0.3 is 14.4 Å². The maximum absolute atomic E-state index is 12.8. The molecule has 188 valence electrons. The van der Waals surface area contributed by atoms with Crippen LogP contribution in [0, 0.1) is 11.6 Å².